The van der Waals surface area contributed by atoms with Crippen molar-refractivity contribution < 1.29 is 23.1 Å². The fourth-order valence-electron chi connectivity index (χ4n) is 2.31. The Labute approximate surface area is 161 Å². The molecule has 27 heavy (non-hydrogen) atoms. The van der Waals surface area contributed by atoms with Crippen LogP contribution in [0.1, 0.15) is 42.2 Å². The lowest BCUT2D eigenvalue weighted by Crippen LogP contribution is -2.35. The standard InChI is InChI=1S/C20H20ClF2NO3/c1-12(2)8-9-27-20(26)18(13-6-4-3-5-7-13)24-19(25)14-10-16(22)17(23)11-15(14)21/h3-7,10-12,18H,8-9H2,1-2H3,(H,24,25). The molecule has 4 nitrogen and oxygen atoms in total. The number of hydrogen-bond acceptors (Lipinski definition) is 3. The van der Waals surface area contributed by atoms with Crippen LogP contribution >= 0.6 is 11.6 Å². The second-order valence-electron chi connectivity index (χ2n) is 6.41. The number of hydrogen-bond donors (Lipinski definition) is 1. The van der Waals surface area contributed by atoms with Crippen molar-refractivity contribution in [1.82, 2.24) is 5.32 Å². The molecule has 0 radical (unpaired) electrons. The molecule has 0 aromatic heterocycles. The summed E-state index contributed by atoms with van der Waals surface area (Å²) in [7, 11) is 0. The number of amides is 1. The minimum absolute atomic E-state index is 0.210. The summed E-state index contributed by atoms with van der Waals surface area (Å²) >= 11 is 5.84. The van der Waals surface area contributed by atoms with Gasteiger partial charge in [0.25, 0.3) is 5.91 Å². The quantitative estimate of drug-likeness (QED) is 0.547. The van der Waals surface area contributed by atoms with E-state index in [4.69, 9.17) is 16.3 Å². The first-order valence-corrected chi connectivity index (χ1v) is 8.84. The third-order valence-electron chi connectivity index (χ3n) is 3.84. The molecule has 0 saturated carbocycles. The topological polar surface area (TPSA) is 55.4 Å². The average molecular weight is 396 g/mol. The van der Waals surface area contributed by atoms with E-state index < -0.39 is 29.6 Å². The Hall–Kier alpha value is -2.47. The van der Waals surface area contributed by atoms with Gasteiger partial charge in [0.15, 0.2) is 17.7 Å². The first-order chi connectivity index (χ1) is 12.8. The number of rotatable bonds is 7. The Morgan fingerprint density at radius 1 is 1.11 bits per heavy atom. The fourth-order valence-corrected chi connectivity index (χ4v) is 2.54. The number of ether oxygens (including phenoxy) is 1. The van der Waals surface area contributed by atoms with Crippen molar-refractivity contribution >= 4 is 23.5 Å². The molecule has 1 N–H and O–H groups in total. The number of esters is 1. The zero-order chi connectivity index (χ0) is 20.0. The maximum atomic E-state index is 13.5. The maximum absolute atomic E-state index is 13.5. The summed E-state index contributed by atoms with van der Waals surface area (Å²) in [6.45, 7) is 4.20. The van der Waals surface area contributed by atoms with Gasteiger partial charge in [-0.3, -0.25) is 4.79 Å². The molecule has 1 unspecified atom stereocenters. The second kappa shape index (κ2) is 9.46. The molecular formula is C20H20ClF2NO3. The number of halogens is 3. The van der Waals surface area contributed by atoms with Gasteiger partial charge in [0, 0.05) is 0 Å². The highest BCUT2D eigenvalue weighted by atomic mass is 35.5. The van der Waals surface area contributed by atoms with E-state index in [2.05, 4.69) is 5.32 Å². The van der Waals surface area contributed by atoms with E-state index in [0.717, 1.165) is 0 Å². The normalized spacial score (nSPS) is 11.9. The van der Waals surface area contributed by atoms with Crippen molar-refractivity contribution in [3.8, 4) is 0 Å². The Balaban J connectivity index is 2.22. The monoisotopic (exact) mass is 395 g/mol. The van der Waals surface area contributed by atoms with Gasteiger partial charge < -0.3 is 10.1 Å². The van der Waals surface area contributed by atoms with Crippen LogP contribution in [0.5, 0.6) is 0 Å². The van der Waals surface area contributed by atoms with Crippen LogP contribution in [-0.2, 0) is 9.53 Å². The van der Waals surface area contributed by atoms with Gasteiger partial charge in [-0.05, 0) is 30.0 Å². The predicted molar refractivity (Wildman–Crippen MR) is 98.4 cm³/mol. The lowest BCUT2D eigenvalue weighted by molar-refractivity contribution is -0.146. The number of nitrogens with one attached hydrogen (secondary N) is 1. The molecule has 144 valence electrons. The van der Waals surface area contributed by atoms with Crippen molar-refractivity contribution in [2.45, 2.75) is 26.3 Å². The predicted octanol–water partition coefficient (Wildman–Crippen LogP) is 4.68. The van der Waals surface area contributed by atoms with E-state index in [-0.39, 0.29) is 17.2 Å². The second-order valence-corrected chi connectivity index (χ2v) is 6.82. The maximum Gasteiger partial charge on any atom is 0.333 e. The molecule has 0 aliphatic carbocycles. The fraction of sp³-hybridized carbons (Fsp3) is 0.300. The van der Waals surface area contributed by atoms with Gasteiger partial charge in [-0.25, -0.2) is 13.6 Å². The van der Waals surface area contributed by atoms with Crippen molar-refractivity contribution in [2.75, 3.05) is 6.61 Å². The van der Waals surface area contributed by atoms with E-state index in [1.165, 1.54) is 0 Å². The van der Waals surface area contributed by atoms with E-state index in [0.29, 0.717) is 30.0 Å². The number of carbonyl (C=O) groups is 2. The van der Waals surface area contributed by atoms with Gasteiger partial charge >= 0.3 is 5.97 Å². The van der Waals surface area contributed by atoms with E-state index in [9.17, 15) is 18.4 Å². The Kier molecular flexibility index (Phi) is 7.30. The van der Waals surface area contributed by atoms with Gasteiger partial charge in [-0.1, -0.05) is 55.8 Å². The van der Waals surface area contributed by atoms with E-state index >= 15 is 0 Å². The van der Waals surface area contributed by atoms with Gasteiger partial charge in [-0.15, -0.1) is 0 Å². The van der Waals surface area contributed by atoms with E-state index in [1.54, 1.807) is 30.3 Å². The molecule has 0 aliphatic rings. The molecule has 0 heterocycles. The first kappa shape index (κ1) is 20.8. The van der Waals surface area contributed by atoms with Crippen molar-refractivity contribution in [3.63, 3.8) is 0 Å². The van der Waals surface area contributed by atoms with Crippen LogP contribution in [0.4, 0.5) is 8.78 Å². The van der Waals surface area contributed by atoms with Crippen molar-refractivity contribution in [2.24, 2.45) is 5.92 Å². The van der Waals surface area contributed by atoms with Gasteiger partial charge in [-0.2, -0.15) is 0 Å². The molecule has 2 aromatic carbocycles. The SMILES string of the molecule is CC(C)CCOC(=O)C(NC(=O)c1cc(F)c(F)cc1Cl)c1ccccc1. The Morgan fingerprint density at radius 2 is 1.74 bits per heavy atom. The lowest BCUT2D eigenvalue weighted by atomic mass is 10.1. The largest absolute Gasteiger partial charge is 0.464 e. The minimum Gasteiger partial charge on any atom is -0.464 e. The summed E-state index contributed by atoms with van der Waals surface area (Å²) < 4.78 is 32.0. The molecule has 1 atom stereocenters. The van der Waals surface area contributed by atoms with Crippen LogP contribution in [0, 0.1) is 17.6 Å². The van der Waals surface area contributed by atoms with Gasteiger partial charge in [0.05, 0.1) is 17.2 Å². The average Bonchev–Trinajstić information content (AvgIpc) is 2.62. The molecule has 0 fully saturated rings. The number of carbonyl (C=O) groups excluding carboxylic acids is 2. The van der Waals surface area contributed by atoms with Crippen LogP contribution in [0.3, 0.4) is 0 Å². The van der Waals surface area contributed by atoms with Crippen LogP contribution in [0.2, 0.25) is 5.02 Å². The molecule has 0 spiro atoms. The third kappa shape index (κ3) is 5.76. The van der Waals surface area contributed by atoms with Crippen molar-refractivity contribution in [3.05, 3.63) is 70.2 Å². The summed E-state index contributed by atoms with van der Waals surface area (Å²) in [5, 5.41) is 2.23. The molecule has 0 bridgehead atoms. The summed E-state index contributed by atoms with van der Waals surface area (Å²) in [5.74, 6) is -3.48. The van der Waals surface area contributed by atoms with Crippen LogP contribution in [0.15, 0.2) is 42.5 Å². The van der Waals surface area contributed by atoms with Crippen LogP contribution in [-0.4, -0.2) is 18.5 Å². The third-order valence-corrected chi connectivity index (χ3v) is 4.15. The van der Waals surface area contributed by atoms with Crippen molar-refractivity contribution in [1.29, 1.82) is 0 Å². The zero-order valence-corrected chi connectivity index (χ0v) is 15.7. The van der Waals surface area contributed by atoms with Crippen LogP contribution in [0.25, 0.3) is 0 Å². The van der Waals surface area contributed by atoms with Gasteiger partial charge in [0.1, 0.15) is 0 Å². The number of benzene rings is 2. The molecule has 7 heteroatoms. The molecular weight excluding hydrogens is 376 g/mol. The lowest BCUT2D eigenvalue weighted by Gasteiger charge is -2.19. The molecule has 0 saturated heterocycles. The highest BCUT2D eigenvalue weighted by Gasteiger charge is 2.26. The zero-order valence-electron chi connectivity index (χ0n) is 15.0. The summed E-state index contributed by atoms with van der Waals surface area (Å²) in [6, 6.07) is 8.79. The molecule has 1 amide bonds. The first-order valence-electron chi connectivity index (χ1n) is 8.46. The highest BCUT2D eigenvalue weighted by molar-refractivity contribution is 6.33. The Morgan fingerprint density at radius 3 is 2.37 bits per heavy atom. The summed E-state index contributed by atoms with van der Waals surface area (Å²) in [4.78, 5) is 25.0. The summed E-state index contributed by atoms with van der Waals surface area (Å²) in [6.07, 6.45) is 0.677. The smallest absolute Gasteiger partial charge is 0.333 e. The molecule has 0 aliphatic heterocycles. The van der Waals surface area contributed by atoms with Gasteiger partial charge in [0.2, 0.25) is 0 Å². The Bertz CT molecular complexity index is 812. The molecule has 2 rings (SSSR count). The minimum atomic E-state index is -1.21. The van der Waals surface area contributed by atoms with Crippen LogP contribution < -0.4 is 5.32 Å². The van der Waals surface area contributed by atoms with E-state index in [1.807, 2.05) is 13.8 Å². The highest BCUT2D eigenvalue weighted by Crippen LogP contribution is 2.22. The molecule has 2 aromatic rings. The summed E-state index contributed by atoms with van der Waals surface area (Å²) in [5.41, 5.74) is 0.227.